The lowest BCUT2D eigenvalue weighted by Gasteiger charge is -2.18. The number of carbonyl (C=O) groups excluding carboxylic acids is 1. The van der Waals surface area contributed by atoms with Gasteiger partial charge in [0.15, 0.2) is 0 Å². The van der Waals surface area contributed by atoms with Crippen LogP contribution in [0.1, 0.15) is 13.8 Å². The number of sulfonamides is 1. The molecule has 78 valence electrons. The minimum atomic E-state index is -3.14. The fraction of sp³-hybridized carbons (Fsp3) is 0.857. The third-order valence-corrected chi connectivity index (χ3v) is 2.30. The van der Waals surface area contributed by atoms with E-state index in [-0.39, 0.29) is 12.5 Å². The molecule has 0 aromatic heterocycles. The quantitative estimate of drug-likeness (QED) is 0.656. The summed E-state index contributed by atoms with van der Waals surface area (Å²) in [6.07, 6.45) is 1.09. The minimum Gasteiger partial charge on any atom is -0.342 e. The van der Waals surface area contributed by atoms with Crippen molar-refractivity contribution in [2.75, 3.05) is 25.9 Å². The number of likely N-dealkylation sites (N-methyl/N-ethyl adjacent to an activating group) is 1. The molecule has 0 saturated heterocycles. The molecular weight excluding hydrogens is 192 g/mol. The first-order chi connectivity index (χ1) is 5.87. The number of nitrogens with one attached hydrogen (secondary N) is 1. The van der Waals surface area contributed by atoms with Gasteiger partial charge >= 0.3 is 0 Å². The van der Waals surface area contributed by atoms with Crippen LogP contribution >= 0.6 is 0 Å². The van der Waals surface area contributed by atoms with Crippen LogP contribution < -0.4 is 4.72 Å². The first-order valence-corrected chi connectivity index (χ1v) is 5.96. The zero-order valence-corrected chi connectivity index (χ0v) is 9.02. The molecule has 0 spiro atoms. The van der Waals surface area contributed by atoms with E-state index in [1.807, 2.05) is 6.92 Å². The van der Waals surface area contributed by atoms with Crippen molar-refractivity contribution in [1.82, 2.24) is 9.62 Å². The van der Waals surface area contributed by atoms with Crippen molar-refractivity contribution in [2.24, 2.45) is 0 Å². The summed E-state index contributed by atoms with van der Waals surface area (Å²) in [6, 6.07) is 0. The van der Waals surface area contributed by atoms with Gasteiger partial charge in [-0.1, -0.05) is 0 Å². The first kappa shape index (κ1) is 12.4. The Kier molecular flexibility index (Phi) is 4.94. The van der Waals surface area contributed by atoms with Gasteiger partial charge in [-0.15, -0.1) is 0 Å². The standard InChI is InChI=1S/C7H16N2O3S/c1-4-9(7(2)10)6-5-8-13(3,11)12/h8H,4-6H2,1-3H3. The molecule has 0 aliphatic carbocycles. The lowest BCUT2D eigenvalue weighted by atomic mass is 10.4. The van der Waals surface area contributed by atoms with Gasteiger partial charge < -0.3 is 4.90 Å². The zero-order chi connectivity index (χ0) is 10.5. The van der Waals surface area contributed by atoms with E-state index < -0.39 is 10.0 Å². The molecule has 0 saturated carbocycles. The summed E-state index contributed by atoms with van der Waals surface area (Å²) in [6.45, 7) is 4.59. The van der Waals surface area contributed by atoms with E-state index in [1.54, 1.807) is 4.90 Å². The lowest BCUT2D eigenvalue weighted by molar-refractivity contribution is -0.128. The minimum absolute atomic E-state index is 0.0437. The average molecular weight is 208 g/mol. The molecule has 0 radical (unpaired) electrons. The van der Waals surface area contributed by atoms with Gasteiger partial charge in [0.25, 0.3) is 0 Å². The number of hydrogen-bond donors (Lipinski definition) is 1. The maximum absolute atomic E-state index is 10.9. The molecule has 5 nitrogen and oxygen atoms in total. The molecule has 0 atom stereocenters. The lowest BCUT2D eigenvalue weighted by Crippen LogP contribution is -2.36. The largest absolute Gasteiger partial charge is 0.342 e. The van der Waals surface area contributed by atoms with Crippen LogP contribution in [0.4, 0.5) is 0 Å². The maximum atomic E-state index is 10.9. The summed E-state index contributed by atoms with van der Waals surface area (Å²) in [4.78, 5) is 12.4. The van der Waals surface area contributed by atoms with Gasteiger partial charge in [-0.3, -0.25) is 4.79 Å². The summed E-state index contributed by atoms with van der Waals surface area (Å²) in [5.74, 6) is -0.0437. The highest BCUT2D eigenvalue weighted by molar-refractivity contribution is 7.88. The Labute approximate surface area is 79.2 Å². The molecule has 0 rings (SSSR count). The Balaban J connectivity index is 3.81. The summed E-state index contributed by atoms with van der Waals surface area (Å²) in [7, 11) is -3.14. The molecule has 0 fully saturated rings. The van der Waals surface area contributed by atoms with E-state index in [9.17, 15) is 13.2 Å². The van der Waals surface area contributed by atoms with Gasteiger partial charge in [0.1, 0.15) is 0 Å². The molecule has 0 aromatic carbocycles. The Hall–Kier alpha value is -0.620. The van der Waals surface area contributed by atoms with Crippen molar-refractivity contribution >= 4 is 15.9 Å². The smallest absolute Gasteiger partial charge is 0.219 e. The van der Waals surface area contributed by atoms with Gasteiger partial charge in [-0.25, -0.2) is 13.1 Å². The molecule has 0 bridgehead atoms. The molecule has 1 N–H and O–H groups in total. The van der Waals surface area contributed by atoms with Crippen molar-refractivity contribution in [3.63, 3.8) is 0 Å². The summed E-state index contributed by atoms with van der Waals surface area (Å²) >= 11 is 0. The van der Waals surface area contributed by atoms with E-state index in [1.165, 1.54) is 6.92 Å². The molecule has 13 heavy (non-hydrogen) atoms. The molecule has 1 amide bonds. The van der Waals surface area contributed by atoms with Crippen LogP contribution in [0, 0.1) is 0 Å². The van der Waals surface area contributed by atoms with Crippen LogP contribution in [0.5, 0.6) is 0 Å². The number of amides is 1. The Morgan fingerprint density at radius 1 is 1.46 bits per heavy atom. The monoisotopic (exact) mass is 208 g/mol. The van der Waals surface area contributed by atoms with Gasteiger partial charge in [-0.2, -0.15) is 0 Å². The second-order valence-electron chi connectivity index (χ2n) is 2.77. The normalized spacial score (nSPS) is 11.3. The molecule has 0 unspecified atom stereocenters. The Morgan fingerprint density at radius 3 is 2.31 bits per heavy atom. The fourth-order valence-corrected chi connectivity index (χ4v) is 1.37. The number of nitrogens with zero attached hydrogens (tertiary/aromatic N) is 1. The molecule has 0 aromatic rings. The SMILES string of the molecule is CCN(CCNS(C)(=O)=O)C(C)=O. The Morgan fingerprint density at radius 2 is 2.00 bits per heavy atom. The summed E-state index contributed by atoms with van der Waals surface area (Å²) in [5, 5.41) is 0. The second-order valence-corrected chi connectivity index (χ2v) is 4.60. The van der Waals surface area contributed by atoms with Crippen LogP contribution in [0.3, 0.4) is 0 Å². The second kappa shape index (κ2) is 5.18. The first-order valence-electron chi connectivity index (χ1n) is 4.07. The predicted octanol–water partition coefficient (Wildman–Crippen LogP) is -0.596. The Bertz CT molecular complexity index is 261. The number of hydrogen-bond acceptors (Lipinski definition) is 3. The van der Waals surface area contributed by atoms with Crippen LogP contribution in [0.2, 0.25) is 0 Å². The highest BCUT2D eigenvalue weighted by atomic mass is 32.2. The van der Waals surface area contributed by atoms with E-state index >= 15 is 0 Å². The fourth-order valence-electron chi connectivity index (χ4n) is 0.904. The van der Waals surface area contributed by atoms with E-state index in [4.69, 9.17) is 0 Å². The molecule has 0 aliphatic rings. The van der Waals surface area contributed by atoms with Crippen molar-refractivity contribution in [2.45, 2.75) is 13.8 Å². The van der Waals surface area contributed by atoms with E-state index in [0.717, 1.165) is 6.26 Å². The van der Waals surface area contributed by atoms with Crippen LogP contribution in [0.25, 0.3) is 0 Å². The van der Waals surface area contributed by atoms with Crippen molar-refractivity contribution in [3.05, 3.63) is 0 Å². The van der Waals surface area contributed by atoms with Crippen LogP contribution in [0.15, 0.2) is 0 Å². The van der Waals surface area contributed by atoms with Gasteiger partial charge in [-0.05, 0) is 6.92 Å². The topological polar surface area (TPSA) is 66.5 Å². The van der Waals surface area contributed by atoms with Crippen molar-refractivity contribution in [3.8, 4) is 0 Å². The van der Waals surface area contributed by atoms with E-state index in [0.29, 0.717) is 13.1 Å². The van der Waals surface area contributed by atoms with Crippen LogP contribution in [-0.2, 0) is 14.8 Å². The number of carbonyl (C=O) groups is 1. The molecular formula is C7H16N2O3S. The molecule has 0 heterocycles. The summed E-state index contributed by atoms with van der Waals surface area (Å²) in [5.41, 5.74) is 0. The summed E-state index contributed by atoms with van der Waals surface area (Å²) < 4.78 is 23.6. The van der Waals surface area contributed by atoms with Crippen molar-refractivity contribution < 1.29 is 13.2 Å². The third-order valence-electron chi connectivity index (χ3n) is 1.57. The van der Waals surface area contributed by atoms with Crippen LogP contribution in [-0.4, -0.2) is 45.1 Å². The number of rotatable bonds is 5. The average Bonchev–Trinajstić information content (AvgIpc) is 1.95. The molecule has 6 heteroatoms. The molecule has 0 aliphatic heterocycles. The van der Waals surface area contributed by atoms with Crippen molar-refractivity contribution in [1.29, 1.82) is 0 Å². The van der Waals surface area contributed by atoms with Gasteiger partial charge in [0.2, 0.25) is 15.9 Å². The zero-order valence-electron chi connectivity index (χ0n) is 8.20. The predicted molar refractivity (Wildman–Crippen MR) is 50.8 cm³/mol. The van der Waals surface area contributed by atoms with E-state index in [2.05, 4.69) is 4.72 Å². The maximum Gasteiger partial charge on any atom is 0.219 e. The van der Waals surface area contributed by atoms with Gasteiger partial charge in [0.05, 0.1) is 6.26 Å². The highest BCUT2D eigenvalue weighted by Crippen LogP contribution is 1.87. The highest BCUT2D eigenvalue weighted by Gasteiger charge is 2.06. The van der Waals surface area contributed by atoms with Gasteiger partial charge in [0, 0.05) is 26.6 Å². The third kappa shape index (κ3) is 6.53.